The Balaban J connectivity index is 0.00000308. The number of halogens is 2. The van der Waals surface area contributed by atoms with E-state index in [0.717, 1.165) is 42.3 Å². The quantitative estimate of drug-likeness (QED) is 0.284. The van der Waals surface area contributed by atoms with Gasteiger partial charge in [-0.15, -0.1) is 12.4 Å². The van der Waals surface area contributed by atoms with Crippen LogP contribution < -0.4 is 9.04 Å². The standard InChI is InChI=1S/C30H29ClN2O4S.ClH/c31-25-11-12-29-30(18-25)38(35,36)33(26-7-3-4-8-28(26)37-29)19-21-13-15-32(16-14-21)20-27(34)24-10-9-22-5-1-2-6-23(22)17-24;/h1-12,17-18,21,27,34H,13-16,19-20H2;1H/t27-;/m0./s1. The SMILES string of the molecule is Cl.O=S1(=O)c2cc(Cl)ccc2Oc2ccccc2N1CC1CCN(C[C@H](O)c2ccc3ccccc3c2)CC1. The van der Waals surface area contributed by atoms with E-state index in [4.69, 9.17) is 16.3 Å². The Bertz CT molecular complexity index is 1590. The summed E-state index contributed by atoms with van der Waals surface area (Å²) < 4.78 is 35.1. The van der Waals surface area contributed by atoms with E-state index in [-0.39, 0.29) is 29.0 Å². The number of aliphatic hydroxyl groups excluding tert-OH is 1. The van der Waals surface area contributed by atoms with Crippen LogP contribution in [0.4, 0.5) is 5.69 Å². The highest BCUT2D eigenvalue weighted by Crippen LogP contribution is 2.44. The Morgan fingerprint density at radius 3 is 2.41 bits per heavy atom. The molecule has 2 heterocycles. The number of rotatable bonds is 5. The van der Waals surface area contributed by atoms with Gasteiger partial charge < -0.3 is 14.7 Å². The maximum absolute atomic E-state index is 13.8. The van der Waals surface area contributed by atoms with E-state index in [2.05, 4.69) is 29.2 Å². The normalized spacial score (nSPS) is 17.8. The first-order valence-electron chi connectivity index (χ1n) is 12.9. The number of benzene rings is 4. The van der Waals surface area contributed by atoms with Crippen LogP contribution in [-0.4, -0.2) is 44.6 Å². The Labute approximate surface area is 240 Å². The van der Waals surface area contributed by atoms with Crippen molar-refractivity contribution in [1.82, 2.24) is 4.90 Å². The van der Waals surface area contributed by atoms with E-state index in [1.165, 1.54) is 10.4 Å². The summed E-state index contributed by atoms with van der Waals surface area (Å²) in [5.41, 5.74) is 1.45. The Morgan fingerprint density at radius 2 is 1.62 bits per heavy atom. The molecule has 1 N–H and O–H groups in total. The number of β-amino-alcohol motifs (C(OH)–C–C–N with tert-alkyl or cyclic N) is 1. The molecule has 0 unspecified atom stereocenters. The molecule has 1 atom stereocenters. The van der Waals surface area contributed by atoms with Crippen molar-refractivity contribution >= 4 is 50.5 Å². The lowest BCUT2D eigenvalue weighted by atomic mass is 9.95. The van der Waals surface area contributed by atoms with Crippen molar-refractivity contribution in [3.63, 3.8) is 0 Å². The topological polar surface area (TPSA) is 70.1 Å². The number of ether oxygens (including phenoxy) is 1. The molecular formula is C30H30Cl2N2O4S. The zero-order valence-corrected chi connectivity index (χ0v) is 23.6. The highest BCUT2D eigenvalue weighted by molar-refractivity contribution is 7.93. The van der Waals surface area contributed by atoms with Crippen molar-refractivity contribution in [2.24, 2.45) is 5.92 Å². The predicted molar refractivity (Wildman–Crippen MR) is 158 cm³/mol. The summed E-state index contributed by atoms with van der Waals surface area (Å²) in [4.78, 5) is 2.34. The first-order valence-corrected chi connectivity index (χ1v) is 14.7. The third-order valence-corrected chi connectivity index (χ3v) is 9.58. The summed E-state index contributed by atoms with van der Waals surface area (Å²) in [5.74, 6) is 0.961. The van der Waals surface area contributed by atoms with Gasteiger partial charge >= 0.3 is 0 Å². The van der Waals surface area contributed by atoms with Crippen molar-refractivity contribution in [2.45, 2.75) is 23.8 Å². The van der Waals surface area contributed by atoms with Crippen LogP contribution in [0.3, 0.4) is 0 Å². The molecule has 0 spiro atoms. The molecule has 4 aromatic carbocycles. The number of hydrogen-bond donors (Lipinski definition) is 1. The van der Waals surface area contributed by atoms with Crippen molar-refractivity contribution in [1.29, 1.82) is 0 Å². The van der Waals surface area contributed by atoms with E-state index >= 15 is 0 Å². The van der Waals surface area contributed by atoms with Crippen molar-refractivity contribution in [3.8, 4) is 11.5 Å². The summed E-state index contributed by atoms with van der Waals surface area (Å²) >= 11 is 6.17. The zero-order chi connectivity index (χ0) is 26.3. The molecule has 2 aliphatic rings. The van der Waals surface area contributed by atoms with Crippen molar-refractivity contribution < 1.29 is 18.3 Å². The van der Waals surface area contributed by atoms with Crippen LogP contribution in [-0.2, 0) is 10.0 Å². The molecule has 0 aliphatic carbocycles. The molecule has 1 fully saturated rings. The fraction of sp³-hybridized carbons (Fsp3) is 0.267. The van der Waals surface area contributed by atoms with Gasteiger partial charge in [0.2, 0.25) is 0 Å². The second-order valence-corrected chi connectivity index (χ2v) is 12.3. The smallest absolute Gasteiger partial charge is 0.268 e. The number of piperidine rings is 1. The van der Waals surface area contributed by atoms with Gasteiger partial charge in [-0.3, -0.25) is 4.31 Å². The Morgan fingerprint density at radius 1 is 0.897 bits per heavy atom. The second-order valence-electron chi connectivity index (χ2n) is 10.1. The van der Waals surface area contributed by atoms with Crippen LogP contribution in [0.5, 0.6) is 11.5 Å². The summed E-state index contributed by atoms with van der Waals surface area (Å²) in [6.07, 6.45) is 1.09. The van der Waals surface area contributed by atoms with Crippen molar-refractivity contribution in [3.05, 3.63) is 95.5 Å². The second kappa shape index (κ2) is 11.4. The Kier molecular flexibility index (Phi) is 8.08. The van der Waals surface area contributed by atoms with Crippen LogP contribution in [0, 0.1) is 5.92 Å². The van der Waals surface area contributed by atoms with Crippen LogP contribution in [0.1, 0.15) is 24.5 Å². The number of para-hydroxylation sites is 2. The number of hydrogen-bond acceptors (Lipinski definition) is 5. The molecule has 9 heteroatoms. The van der Waals surface area contributed by atoms with Gasteiger partial charge in [0.1, 0.15) is 10.6 Å². The van der Waals surface area contributed by atoms with Crippen LogP contribution in [0.25, 0.3) is 10.8 Å². The molecule has 2 aliphatic heterocycles. The monoisotopic (exact) mass is 584 g/mol. The first kappa shape index (κ1) is 27.7. The van der Waals surface area contributed by atoms with Gasteiger partial charge in [0, 0.05) is 18.1 Å². The predicted octanol–water partition coefficient (Wildman–Crippen LogP) is 6.66. The molecule has 0 aromatic heterocycles. The van der Waals surface area contributed by atoms with Gasteiger partial charge in [0.05, 0.1) is 11.8 Å². The molecule has 0 saturated carbocycles. The molecule has 39 heavy (non-hydrogen) atoms. The van der Waals surface area contributed by atoms with E-state index in [1.807, 2.05) is 30.3 Å². The maximum atomic E-state index is 13.8. The highest BCUT2D eigenvalue weighted by atomic mass is 35.5. The highest BCUT2D eigenvalue weighted by Gasteiger charge is 2.36. The number of fused-ring (bicyclic) bond motifs is 3. The molecule has 0 radical (unpaired) electrons. The summed E-state index contributed by atoms with van der Waals surface area (Å²) in [5, 5.41) is 13.6. The molecule has 6 nitrogen and oxygen atoms in total. The average Bonchev–Trinajstić information content (AvgIpc) is 3.01. The Hall–Kier alpha value is -2.81. The van der Waals surface area contributed by atoms with Gasteiger partial charge in [0.25, 0.3) is 10.0 Å². The largest absolute Gasteiger partial charge is 0.454 e. The van der Waals surface area contributed by atoms with E-state index in [0.29, 0.717) is 29.5 Å². The fourth-order valence-corrected chi connectivity index (χ4v) is 7.36. The van der Waals surface area contributed by atoms with Crippen molar-refractivity contribution in [2.75, 3.05) is 30.5 Å². The molecule has 0 bridgehead atoms. The summed E-state index contributed by atoms with van der Waals surface area (Å²) in [6.45, 7) is 2.50. The zero-order valence-electron chi connectivity index (χ0n) is 21.2. The third kappa shape index (κ3) is 5.60. The molecule has 6 rings (SSSR count). The van der Waals surface area contributed by atoms with E-state index < -0.39 is 16.1 Å². The molecular weight excluding hydrogens is 555 g/mol. The number of sulfonamides is 1. The van der Waals surface area contributed by atoms with E-state index in [9.17, 15) is 13.5 Å². The average molecular weight is 586 g/mol. The van der Waals surface area contributed by atoms with Crippen LogP contribution in [0.2, 0.25) is 5.02 Å². The van der Waals surface area contributed by atoms with Gasteiger partial charge in [-0.25, -0.2) is 8.42 Å². The lowest BCUT2D eigenvalue weighted by Crippen LogP contribution is -2.42. The number of nitrogens with zero attached hydrogens (tertiary/aromatic N) is 2. The van der Waals surface area contributed by atoms with Gasteiger partial charge in [-0.05, 0) is 84.6 Å². The lowest BCUT2D eigenvalue weighted by molar-refractivity contribution is 0.0906. The third-order valence-electron chi connectivity index (χ3n) is 7.55. The van der Waals surface area contributed by atoms with E-state index in [1.54, 1.807) is 24.3 Å². The maximum Gasteiger partial charge on any atom is 0.268 e. The number of likely N-dealkylation sites (tertiary alicyclic amines) is 1. The summed E-state index contributed by atoms with van der Waals surface area (Å²) in [7, 11) is -3.87. The first-order chi connectivity index (χ1) is 18.4. The van der Waals surface area contributed by atoms with Crippen LogP contribution >= 0.6 is 24.0 Å². The molecule has 1 saturated heterocycles. The minimum Gasteiger partial charge on any atom is -0.454 e. The van der Waals surface area contributed by atoms with Gasteiger partial charge in [-0.2, -0.15) is 0 Å². The fourth-order valence-electron chi connectivity index (χ4n) is 5.43. The molecule has 204 valence electrons. The lowest BCUT2D eigenvalue weighted by Gasteiger charge is -2.35. The van der Waals surface area contributed by atoms with Crippen LogP contribution in [0.15, 0.2) is 89.8 Å². The number of anilines is 1. The minimum absolute atomic E-state index is 0. The minimum atomic E-state index is -3.87. The molecule has 4 aromatic rings. The number of aliphatic hydroxyl groups is 1. The summed E-state index contributed by atoms with van der Waals surface area (Å²) in [6, 6.07) is 26.2. The van der Waals surface area contributed by atoms with Gasteiger partial charge in [-0.1, -0.05) is 60.1 Å². The van der Waals surface area contributed by atoms with Gasteiger partial charge in [0.15, 0.2) is 5.75 Å². The molecule has 0 amide bonds.